The lowest BCUT2D eigenvalue weighted by molar-refractivity contribution is 0.365. The molecular formula is C16H24FNOS. The molecule has 0 saturated carbocycles. The number of rotatable bonds is 6. The highest BCUT2D eigenvalue weighted by Crippen LogP contribution is 2.47. The van der Waals surface area contributed by atoms with Crippen LogP contribution in [0.3, 0.4) is 0 Å². The minimum absolute atomic E-state index is 0.0325. The van der Waals surface area contributed by atoms with Crippen LogP contribution < -0.4 is 10.1 Å². The van der Waals surface area contributed by atoms with E-state index in [0.29, 0.717) is 5.75 Å². The van der Waals surface area contributed by atoms with E-state index in [9.17, 15) is 4.39 Å². The van der Waals surface area contributed by atoms with Gasteiger partial charge in [-0.15, -0.1) is 0 Å². The van der Waals surface area contributed by atoms with Crippen molar-refractivity contribution >= 4 is 11.8 Å². The molecule has 2 atom stereocenters. The van der Waals surface area contributed by atoms with Gasteiger partial charge < -0.3 is 10.1 Å². The first-order valence-electron chi connectivity index (χ1n) is 7.32. The molecule has 2 rings (SSSR count). The van der Waals surface area contributed by atoms with Gasteiger partial charge in [-0.3, -0.25) is 0 Å². The van der Waals surface area contributed by atoms with Crippen LogP contribution in [0.2, 0.25) is 0 Å². The quantitative estimate of drug-likeness (QED) is 0.852. The molecule has 112 valence electrons. The molecule has 2 nitrogen and oxygen atoms in total. The number of benzene rings is 1. The molecule has 1 aromatic rings. The fourth-order valence-electron chi connectivity index (χ4n) is 2.88. The summed E-state index contributed by atoms with van der Waals surface area (Å²) in [6, 6.07) is 5.47. The van der Waals surface area contributed by atoms with Crippen molar-refractivity contribution in [1.29, 1.82) is 0 Å². The summed E-state index contributed by atoms with van der Waals surface area (Å²) in [5.41, 5.74) is 0.731. The van der Waals surface area contributed by atoms with Gasteiger partial charge in [-0.1, -0.05) is 19.1 Å². The fourth-order valence-corrected chi connectivity index (χ4v) is 4.30. The molecule has 1 aliphatic heterocycles. The van der Waals surface area contributed by atoms with E-state index in [1.54, 1.807) is 6.07 Å². The third-order valence-corrected chi connectivity index (χ3v) is 5.57. The number of hydrogen-bond donors (Lipinski definition) is 1. The summed E-state index contributed by atoms with van der Waals surface area (Å²) >= 11 is 1.95. The van der Waals surface area contributed by atoms with Crippen LogP contribution in [-0.2, 0) is 0 Å². The predicted octanol–water partition coefficient (Wildman–Crippen LogP) is 4.16. The summed E-state index contributed by atoms with van der Waals surface area (Å²) in [6.45, 7) is 5.28. The largest absolute Gasteiger partial charge is 0.494 e. The van der Waals surface area contributed by atoms with Crippen LogP contribution in [0.1, 0.15) is 44.7 Å². The molecule has 1 N–H and O–H groups in total. The molecule has 0 amide bonds. The monoisotopic (exact) mass is 297 g/mol. The van der Waals surface area contributed by atoms with Crippen molar-refractivity contribution in [2.45, 2.75) is 43.9 Å². The molecule has 1 heterocycles. The highest BCUT2D eigenvalue weighted by atomic mass is 32.2. The van der Waals surface area contributed by atoms with Gasteiger partial charge in [0.1, 0.15) is 0 Å². The fraction of sp³-hybridized carbons (Fsp3) is 0.625. The number of ether oxygens (including phenoxy) is 1. The first-order chi connectivity index (χ1) is 9.62. The van der Waals surface area contributed by atoms with Crippen molar-refractivity contribution in [3.63, 3.8) is 0 Å². The Balaban J connectivity index is 2.35. The highest BCUT2D eigenvalue weighted by Gasteiger charge is 2.39. The predicted molar refractivity (Wildman–Crippen MR) is 84.1 cm³/mol. The highest BCUT2D eigenvalue weighted by molar-refractivity contribution is 8.00. The SMILES string of the molecule is CCCNC(c1cccc(OC)c1F)C1(C)CCCS1. The van der Waals surface area contributed by atoms with Gasteiger partial charge in [0.05, 0.1) is 7.11 Å². The Morgan fingerprint density at radius 3 is 2.90 bits per heavy atom. The average molecular weight is 297 g/mol. The third-order valence-electron chi connectivity index (χ3n) is 3.98. The number of nitrogens with one attached hydrogen (secondary N) is 1. The van der Waals surface area contributed by atoms with E-state index in [0.717, 1.165) is 30.7 Å². The van der Waals surface area contributed by atoms with Gasteiger partial charge in [0.25, 0.3) is 0 Å². The van der Waals surface area contributed by atoms with Crippen LogP contribution in [0.4, 0.5) is 4.39 Å². The Bertz CT molecular complexity index is 446. The van der Waals surface area contributed by atoms with Crippen LogP contribution in [0.15, 0.2) is 18.2 Å². The van der Waals surface area contributed by atoms with Gasteiger partial charge in [0.2, 0.25) is 0 Å². The van der Waals surface area contributed by atoms with Gasteiger partial charge in [0.15, 0.2) is 11.6 Å². The van der Waals surface area contributed by atoms with Crippen molar-refractivity contribution < 1.29 is 9.13 Å². The lowest BCUT2D eigenvalue weighted by atomic mass is 9.89. The summed E-state index contributed by atoms with van der Waals surface area (Å²) < 4.78 is 19.8. The lowest BCUT2D eigenvalue weighted by Gasteiger charge is -2.35. The minimum Gasteiger partial charge on any atom is -0.494 e. The minimum atomic E-state index is -0.225. The molecule has 20 heavy (non-hydrogen) atoms. The first kappa shape index (κ1) is 15.6. The summed E-state index contributed by atoms with van der Waals surface area (Å²) in [6.07, 6.45) is 3.37. The molecule has 1 aliphatic rings. The zero-order valence-electron chi connectivity index (χ0n) is 12.5. The maximum absolute atomic E-state index is 14.6. The van der Waals surface area contributed by atoms with Crippen molar-refractivity contribution in [1.82, 2.24) is 5.32 Å². The van der Waals surface area contributed by atoms with E-state index >= 15 is 0 Å². The van der Waals surface area contributed by atoms with E-state index in [1.165, 1.54) is 13.5 Å². The summed E-state index contributed by atoms with van der Waals surface area (Å²) in [4.78, 5) is 0. The second kappa shape index (κ2) is 6.81. The first-order valence-corrected chi connectivity index (χ1v) is 8.30. The summed E-state index contributed by atoms with van der Waals surface area (Å²) in [5.74, 6) is 1.27. The molecule has 0 radical (unpaired) electrons. The average Bonchev–Trinajstić information content (AvgIpc) is 2.88. The van der Waals surface area contributed by atoms with E-state index in [1.807, 2.05) is 23.9 Å². The zero-order chi connectivity index (χ0) is 14.6. The topological polar surface area (TPSA) is 21.3 Å². The summed E-state index contributed by atoms with van der Waals surface area (Å²) in [7, 11) is 1.52. The number of methoxy groups -OCH3 is 1. The number of halogens is 1. The van der Waals surface area contributed by atoms with Gasteiger partial charge >= 0.3 is 0 Å². The van der Waals surface area contributed by atoms with E-state index in [-0.39, 0.29) is 16.6 Å². The molecule has 0 spiro atoms. The molecule has 1 fully saturated rings. The zero-order valence-corrected chi connectivity index (χ0v) is 13.4. The second-order valence-electron chi connectivity index (χ2n) is 5.52. The van der Waals surface area contributed by atoms with E-state index in [4.69, 9.17) is 4.74 Å². The standard InChI is InChI=1S/C16H24FNOS/c1-4-10-18-15(16(2)9-6-11-20-16)12-7-5-8-13(19-3)14(12)17/h5,7-8,15,18H,4,6,9-11H2,1-3H3. The van der Waals surface area contributed by atoms with Gasteiger partial charge in [0, 0.05) is 16.4 Å². The molecule has 0 aromatic heterocycles. The van der Waals surface area contributed by atoms with Crippen LogP contribution in [-0.4, -0.2) is 24.2 Å². The van der Waals surface area contributed by atoms with E-state index in [2.05, 4.69) is 19.2 Å². The third kappa shape index (κ3) is 3.12. The van der Waals surface area contributed by atoms with Gasteiger partial charge in [-0.05, 0) is 44.6 Å². The molecular weight excluding hydrogens is 273 g/mol. The Kier molecular flexibility index (Phi) is 5.33. The van der Waals surface area contributed by atoms with Crippen molar-refractivity contribution in [2.24, 2.45) is 0 Å². The lowest BCUT2D eigenvalue weighted by Crippen LogP contribution is -2.38. The molecule has 1 saturated heterocycles. The normalized spacial score (nSPS) is 23.8. The van der Waals surface area contributed by atoms with Crippen LogP contribution in [0.5, 0.6) is 5.75 Å². The maximum atomic E-state index is 14.6. The van der Waals surface area contributed by atoms with Crippen LogP contribution in [0.25, 0.3) is 0 Å². The Hall–Kier alpha value is -0.740. The second-order valence-corrected chi connectivity index (χ2v) is 7.14. The summed E-state index contributed by atoms with van der Waals surface area (Å²) in [5, 5.41) is 3.54. The maximum Gasteiger partial charge on any atom is 0.169 e. The Morgan fingerprint density at radius 1 is 1.50 bits per heavy atom. The molecule has 0 bridgehead atoms. The molecule has 1 aromatic carbocycles. The van der Waals surface area contributed by atoms with Crippen molar-refractivity contribution in [3.8, 4) is 5.75 Å². The molecule has 2 unspecified atom stereocenters. The Labute approximate surface area is 125 Å². The van der Waals surface area contributed by atoms with Crippen molar-refractivity contribution in [2.75, 3.05) is 19.4 Å². The molecule has 0 aliphatic carbocycles. The smallest absolute Gasteiger partial charge is 0.169 e. The van der Waals surface area contributed by atoms with E-state index < -0.39 is 0 Å². The Morgan fingerprint density at radius 2 is 2.30 bits per heavy atom. The van der Waals surface area contributed by atoms with Gasteiger partial charge in [-0.2, -0.15) is 11.8 Å². The van der Waals surface area contributed by atoms with Gasteiger partial charge in [-0.25, -0.2) is 4.39 Å². The number of thioether (sulfide) groups is 1. The van der Waals surface area contributed by atoms with Crippen LogP contribution in [0, 0.1) is 5.82 Å². The van der Waals surface area contributed by atoms with Crippen molar-refractivity contribution in [3.05, 3.63) is 29.6 Å². The number of hydrogen-bond acceptors (Lipinski definition) is 3. The van der Waals surface area contributed by atoms with Crippen LogP contribution >= 0.6 is 11.8 Å². The molecule has 4 heteroatoms.